The number of aromatic nitrogens is 1. The fraction of sp³-hybridized carbons (Fsp3) is 0.667. The van der Waals surface area contributed by atoms with Gasteiger partial charge in [-0.15, -0.1) is 36.2 Å². The van der Waals surface area contributed by atoms with Crippen molar-refractivity contribution in [2.24, 2.45) is 11.7 Å². The Labute approximate surface area is 130 Å². The van der Waals surface area contributed by atoms with Gasteiger partial charge in [0.15, 0.2) is 0 Å². The van der Waals surface area contributed by atoms with Crippen LogP contribution in [-0.2, 0) is 11.2 Å². The van der Waals surface area contributed by atoms with Crippen LogP contribution in [-0.4, -0.2) is 34.9 Å². The minimum absolute atomic E-state index is 0. The highest BCUT2D eigenvalue weighted by Gasteiger charge is 2.31. The molecule has 1 aliphatic rings. The van der Waals surface area contributed by atoms with Gasteiger partial charge in [0, 0.05) is 37.0 Å². The molecule has 0 spiro atoms. The number of carbonyl (C=O) groups excluding carboxylic acids is 1. The summed E-state index contributed by atoms with van der Waals surface area (Å²) in [6.07, 6.45) is 4.15. The molecule has 19 heavy (non-hydrogen) atoms. The summed E-state index contributed by atoms with van der Waals surface area (Å²) in [6.45, 7) is 3.62. The van der Waals surface area contributed by atoms with Gasteiger partial charge in [-0.3, -0.25) is 4.79 Å². The molecule has 110 valence electrons. The Morgan fingerprint density at radius 2 is 2.32 bits per heavy atom. The summed E-state index contributed by atoms with van der Waals surface area (Å²) < 4.78 is 0. The van der Waals surface area contributed by atoms with Crippen LogP contribution >= 0.6 is 36.2 Å². The van der Waals surface area contributed by atoms with Gasteiger partial charge in [0.25, 0.3) is 0 Å². The summed E-state index contributed by atoms with van der Waals surface area (Å²) in [5.41, 5.74) is 5.66. The van der Waals surface area contributed by atoms with Crippen molar-refractivity contribution in [1.29, 1.82) is 0 Å². The van der Waals surface area contributed by atoms with E-state index in [1.165, 1.54) is 0 Å². The summed E-state index contributed by atoms with van der Waals surface area (Å²) in [4.78, 5) is 18.2. The standard InChI is InChI=1S/C12H19N3OS.2ClH/c1-9-6-10(7-13)8-15(9)12(16)3-2-11-14-4-5-17-11;;/h4-5,9-10H,2-3,6-8,13H2,1H3;2*1H. The van der Waals surface area contributed by atoms with E-state index < -0.39 is 0 Å². The fourth-order valence-corrected chi connectivity index (χ4v) is 3.02. The zero-order valence-corrected chi connectivity index (χ0v) is 13.4. The Kier molecular flexibility index (Phi) is 8.57. The van der Waals surface area contributed by atoms with E-state index in [1.54, 1.807) is 17.5 Å². The van der Waals surface area contributed by atoms with Gasteiger partial charge in [-0.05, 0) is 25.8 Å². The Hall–Kier alpha value is -0.360. The van der Waals surface area contributed by atoms with Crippen LogP contribution in [0.3, 0.4) is 0 Å². The Morgan fingerprint density at radius 1 is 1.58 bits per heavy atom. The van der Waals surface area contributed by atoms with Gasteiger partial charge in [-0.25, -0.2) is 4.98 Å². The molecule has 7 heteroatoms. The minimum Gasteiger partial charge on any atom is -0.340 e. The molecule has 1 saturated heterocycles. The Balaban J connectivity index is 0.00000162. The third-order valence-corrected chi connectivity index (χ3v) is 4.19. The van der Waals surface area contributed by atoms with Crippen LogP contribution in [0.5, 0.6) is 0 Å². The molecule has 2 heterocycles. The molecule has 0 radical (unpaired) electrons. The van der Waals surface area contributed by atoms with Crippen molar-refractivity contribution < 1.29 is 4.79 Å². The molecule has 0 saturated carbocycles. The molecule has 2 unspecified atom stereocenters. The Bertz CT molecular complexity index is 375. The van der Waals surface area contributed by atoms with Crippen LogP contribution in [0.1, 0.15) is 24.8 Å². The average molecular weight is 326 g/mol. The van der Waals surface area contributed by atoms with Crippen molar-refractivity contribution in [2.45, 2.75) is 32.2 Å². The lowest BCUT2D eigenvalue weighted by Crippen LogP contribution is -2.34. The van der Waals surface area contributed by atoms with Gasteiger partial charge in [0.1, 0.15) is 0 Å². The van der Waals surface area contributed by atoms with Crippen molar-refractivity contribution in [3.8, 4) is 0 Å². The second kappa shape index (κ2) is 8.74. The maximum absolute atomic E-state index is 12.1. The van der Waals surface area contributed by atoms with E-state index in [1.807, 2.05) is 10.3 Å². The van der Waals surface area contributed by atoms with Gasteiger partial charge >= 0.3 is 0 Å². The molecule has 0 bridgehead atoms. The molecule has 1 amide bonds. The number of carbonyl (C=O) groups is 1. The van der Waals surface area contributed by atoms with E-state index in [0.29, 0.717) is 24.9 Å². The number of nitrogens with two attached hydrogens (primary N) is 1. The van der Waals surface area contributed by atoms with Crippen LogP contribution in [0.25, 0.3) is 0 Å². The molecule has 4 nitrogen and oxygen atoms in total. The predicted molar refractivity (Wildman–Crippen MR) is 83.3 cm³/mol. The van der Waals surface area contributed by atoms with Crippen molar-refractivity contribution >= 4 is 42.1 Å². The summed E-state index contributed by atoms with van der Waals surface area (Å²) in [6, 6.07) is 0.340. The summed E-state index contributed by atoms with van der Waals surface area (Å²) >= 11 is 1.61. The molecule has 2 rings (SSSR count). The van der Waals surface area contributed by atoms with E-state index in [4.69, 9.17) is 5.73 Å². The molecule has 1 aromatic rings. The maximum Gasteiger partial charge on any atom is 0.223 e. The zero-order valence-electron chi connectivity index (χ0n) is 10.9. The SMILES string of the molecule is CC1CC(CN)CN1C(=O)CCc1nccs1.Cl.Cl. The van der Waals surface area contributed by atoms with E-state index in [-0.39, 0.29) is 30.7 Å². The topological polar surface area (TPSA) is 59.2 Å². The van der Waals surface area contributed by atoms with Gasteiger partial charge in [0.2, 0.25) is 5.91 Å². The van der Waals surface area contributed by atoms with E-state index >= 15 is 0 Å². The molecule has 1 aliphatic heterocycles. The highest BCUT2D eigenvalue weighted by Crippen LogP contribution is 2.23. The first-order valence-electron chi connectivity index (χ1n) is 6.08. The van der Waals surface area contributed by atoms with Crippen molar-refractivity contribution in [3.05, 3.63) is 16.6 Å². The normalized spacial score (nSPS) is 21.7. The molecule has 0 aliphatic carbocycles. The smallest absolute Gasteiger partial charge is 0.223 e. The van der Waals surface area contributed by atoms with Crippen LogP contribution in [0.15, 0.2) is 11.6 Å². The lowest BCUT2D eigenvalue weighted by Gasteiger charge is -2.21. The molecular formula is C12H21Cl2N3OS. The van der Waals surface area contributed by atoms with Gasteiger partial charge < -0.3 is 10.6 Å². The molecule has 0 aromatic carbocycles. The second-order valence-corrected chi connectivity index (χ2v) is 5.64. The van der Waals surface area contributed by atoms with Crippen LogP contribution in [0, 0.1) is 5.92 Å². The number of hydrogen-bond donors (Lipinski definition) is 1. The molecular weight excluding hydrogens is 305 g/mol. The van der Waals surface area contributed by atoms with E-state index in [9.17, 15) is 4.79 Å². The first-order chi connectivity index (χ1) is 8.20. The molecule has 2 atom stereocenters. The van der Waals surface area contributed by atoms with Crippen LogP contribution in [0.4, 0.5) is 0 Å². The molecule has 1 aromatic heterocycles. The molecule has 1 fully saturated rings. The minimum atomic E-state index is 0. The summed E-state index contributed by atoms with van der Waals surface area (Å²) in [7, 11) is 0. The fourth-order valence-electron chi connectivity index (χ4n) is 2.39. The summed E-state index contributed by atoms with van der Waals surface area (Å²) in [5, 5.41) is 2.99. The monoisotopic (exact) mass is 325 g/mol. The second-order valence-electron chi connectivity index (χ2n) is 4.66. The first kappa shape index (κ1) is 18.6. The zero-order chi connectivity index (χ0) is 12.3. The first-order valence-corrected chi connectivity index (χ1v) is 6.96. The van der Waals surface area contributed by atoms with Gasteiger partial charge in [0.05, 0.1) is 5.01 Å². The van der Waals surface area contributed by atoms with Crippen molar-refractivity contribution in [3.63, 3.8) is 0 Å². The average Bonchev–Trinajstić information content (AvgIpc) is 2.94. The lowest BCUT2D eigenvalue weighted by molar-refractivity contribution is -0.131. The molecule has 2 N–H and O–H groups in total. The number of nitrogens with zero attached hydrogens (tertiary/aromatic N) is 2. The number of likely N-dealkylation sites (tertiary alicyclic amines) is 1. The highest BCUT2D eigenvalue weighted by molar-refractivity contribution is 7.09. The Morgan fingerprint density at radius 3 is 2.84 bits per heavy atom. The van der Waals surface area contributed by atoms with Crippen molar-refractivity contribution in [1.82, 2.24) is 9.88 Å². The van der Waals surface area contributed by atoms with Crippen molar-refractivity contribution in [2.75, 3.05) is 13.1 Å². The van der Waals surface area contributed by atoms with Crippen LogP contribution < -0.4 is 5.73 Å². The van der Waals surface area contributed by atoms with E-state index in [0.717, 1.165) is 24.4 Å². The third-order valence-electron chi connectivity index (χ3n) is 3.35. The lowest BCUT2D eigenvalue weighted by atomic mass is 10.1. The maximum atomic E-state index is 12.1. The largest absolute Gasteiger partial charge is 0.340 e. The number of halogens is 2. The number of hydrogen-bond acceptors (Lipinski definition) is 4. The highest BCUT2D eigenvalue weighted by atomic mass is 35.5. The quantitative estimate of drug-likeness (QED) is 0.922. The van der Waals surface area contributed by atoms with E-state index in [2.05, 4.69) is 11.9 Å². The number of rotatable bonds is 4. The van der Waals surface area contributed by atoms with Gasteiger partial charge in [-0.2, -0.15) is 0 Å². The predicted octanol–water partition coefficient (Wildman–Crippen LogP) is 2.12. The third kappa shape index (κ3) is 4.91. The van der Waals surface area contributed by atoms with Crippen LogP contribution in [0.2, 0.25) is 0 Å². The summed E-state index contributed by atoms with van der Waals surface area (Å²) in [5.74, 6) is 0.720. The number of thiazole rings is 1. The number of aryl methyl sites for hydroxylation is 1. The van der Waals surface area contributed by atoms with Gasteiger partial charge in [-0.1, -0.05) is 0 Å². The number of amides is 1.